The monoisotopic (exact) mass is 599 g/mol. The van der Waals surface area contributed by atoms with Crippen LogP contribution in [0.15, 0.2) is 65.6 Å². The van der Waals surface area contributed by atoms with Crippen LogP contribution < -0.4 is 16.0 Å². The van der Waals surface area contributed by atoms with Crippen molar-refractivity contribution in [1.29, 1.82) is 0 Å². The van der Waals surface area contributed by atoms with Crippen LogP contribution in [0, 0.1) is 23.5 Å². The summed E-state index contributed by atoms with van der Waals surface area (Å²) in [5.74, 6) is 0.119. The molecule has 1 saturated heterocycles. The van der Waals surface area contributed by atoms with E-state index in [1.807, 2.05) is 19.1 Å². The Labute approximate surface area is 246 Å². The second-order valence-electron chi connectivity index (χ2n) is 10.4. The van der Waals surface area contributed by atoms with Gasteiger partial charge in [0.1, 0.15) is 11.5 Å². The summed E-state index contributed by atoms with van der Waals surface area (Å²) in [7, 11) is 1.54. The van der Waals surface area contributed by atoms with Gasteiger partial charge >= 0.3 is 0 Å². The van der Waals surface area contributed by atoms with Gasteiger partial charge in [0.25, 0.3) is 5.91 Å². The van der Waals surface area contributed by atoms with Crippen molar-refractivity contribution in [3.8, 4) is 0 Å². The third-order valence-corrected chi connectivity index (χ3v) is 9.16. The number of carbonyl (C=O) groups is 1. The van der Waals surface area contributed by atoms with E-state index in [1.54, 1.807) is 48.6 Å². The first-order valence-corrected chi connectivity index (χ1v) is 15.4. The number of benzene rings is 2. The van der Waals surface area contributed by atoms with Crippen LogP contribution in [0.25, 0.3) is 5.70 Å². The van der Waals surface area contributed by atoms with E-state index in [4.69, 9.17) is 11.6 Å². The molecule has 2 aromatic rings. The number of nitrogens with one attached hydrogen (secondary N) is 3. The molecule has 7 nitrogen and oxygen atoms in total. The van der Waals surface area contributed by atoms with E-state index >= 15 is 4.39 Å². The Morgan fingerprint density at radius 1 is 1.17 bits per heavy atom. The van der Waals surface area contributed by atoms with Crippen molar-refractivity contribution in [3.63, 3.8) is 0 Å². The number of amides is 1. The molecule has 11 heteroatoms. The first kappa shape index (κ1) is 29.2. The number of halogens is 3. The number of anilines is 2. The molecule has 1 amide bonds. The molecule has 216 valence electrons. The molecule has 0 bridgehead atoms. The van der Waals surface area contributed by atoms with Gasteiger partial charge < -0.3 is 25.4 Å². The van der Waals surface area contributed by atoms with Crippen molar-refractivity contribution in [1.82, 2.24) is 10.2 Å². The summed E-state index contributed by atoms with van der Waals surface area (Å²) in [6, 6.07) is 8.15. The highest BCUT2D eigenvalue weighted by atomic mass is 35.5. The summed E-state index contributed by atoms with van der Waals surface area (Å²) < 4.78 is 41.4. The molecule has 0 spiro atoms. The van der Waals surface area contributed by atoms with Crippen LogP contribution in [0.2, 0.25) is 5.02 Å². The van der Waals surface area contributed by atoms with Gasteiger partial charge in [-0.15, -0.1) is 0 Å². The zero-order chi connectivity index (χ0) is 29.1. The molecule has 1 fully saturated rings. The van der Waals surface area contributed by atoms with Crippen LogP contribution in [0.4, 0.5) is 20.2 Å². The van der Waals surface area contributed by atoms with E-state index in [9.17, 15) is 13.7 Å². The Morgan fingerprint density at radius 3 is 2.68 bits per heavy atom. The molecule has 0 saturated carbocycles. The average molecular weight is 600 g/mol. The SMILES string of the molecule is CNc1ccc(C2=CC(C)CC=C3C(Nc4ccc(C(=O)NCC5CC[S+]([O-])CC5)c(Cl)c4)=NC=CN32)c(F)c1F. The average Bonchev–Trinajstić information content (AvgIpc) is 3.13. The van der Waals surface area contributed by atoms with Crippen molar-refractivity contribution in [2.45, 2.75) is 26.2 Å². The van der Waals surface area contributed by atoms with Crippen molar-refractivity contribution < 1.29 is 18.1 Å². The number of hydrogen-bond donors (Lipinski definition) is 3. The Kier molecular flexibility index (Phi) is 9.01. The van der Waals surface area contributed by atoms with Crippen LogP contribution in [0.1, 0.15) is 42.1 Å². The van der Waals surface area contributed by atoms with Crippen molar-refractivity contribution in [3.05, 3.63) is 88.4 Å². The standard InChI is InChI=1S/C30H32ClF2N5O2S/c1-18-3-8-25-29(35-11-12-38(25)26(15-18)22-6-7-24(34-2)28(33)27(22)32)37-20-4-5-21(23(31)16-20)30(39)36-17-19-9-13-41(40)14-10-19/h4-8,11-12,15-16,18-19,34H,3,9-10,13-14,17H2,1-2H3,(H,35,37)(H,36,39). The number of hydrogen-bond acceptors (Lipinski definition) is 6. The molecule has 0 aliphatic carbocycles. The highest BCUT2D eigenvalue weighted by Crippen LogP contribution is 2.36. The Balaban J connectivity index is 1.32. The van der Waals surface area contributed by atoms with E-state index in [0.29, 0.717) is 58.9 Å². The van der Waals surface area contributed by atoms with Crippen molar-refractivity contribution in [2.24, 2.45) is 16.8 Å². The molecule has 41 heavy (non-hydrogen) atoms. The molecule has 0 aromatic heterocycles. The summed E-state index contributed by atoms with van der Waals surface area (Å²) in [4.78, 5) is 19.1. The van der Waals surface area contributed by atoms with Gasteiger partial charge in [0.15, 0.2) is 17.5 Å². The van der Waals surface area contributed by atoms with E-state index < -0.39 is 22.8 Å². The number of rotatable bonds is 6. The number of amidine groups is 1. The van der Waals surface area contributed by atoms with E-state index in [1.165, 1.54) is 6.07 Å². The number of allylic oxidation sites excluding steroid dienone is 2. The predicted molar refractivity (Wildman–Crippen MR) is 162 cm³/mol. The Morgan fingerprint density at radius 2 is 1.95 bits per heavy atom. The maximum Gasteiger partial charge on any atom is 0.252 e. The van der Waals surface area contributed by atoms with E-state index in [-0.39, 0.29) is 28.1 Å². The second kappa shape index (κ2) is 12.7. The molecule has 1 unspecified atom stereocenters. The molecule has 0 radical (unpaired) electrons. The van der Waals surface area contributed by atoms with Gasteiger partial charge in [-0.25, -0.2) is 13.8 Å². The van der Waals surface area contributed by atoms with Gasteiger partial charge in [-0.2, -0.15) is 0 Å². The van der Waals surface area contributed by atoms with Crippen LogP contribution in [-0.4, -0.2) is 46.3 Å². The zero-order valence-electron chi connectivity index (χ0n) is 22.8. The number of aliphatic imine (C=N–C) groups is 1. The molecule has 3 aliphatic heterocycles. The highest BCUT2D eigenvalue weighted by Gasteiger charge is 2.28. The molecule has 5 rings (SSSR count). The quantitative estimate of drug-likeness (QED) is 0.349. The maximum atomic E-state index is 15.2. The maximum absolute atomic E-state index is 15.2. The van der Waals surface area contributed by atoms with Crippen LogP contribution in [-0.2, 0) is 11.2 Å². The second-order valence-corrected chi connectivity index (χ2v) is 12.5. The molecule has 1 atom stereocenters. The van der Waals surface area contributed by atoms with Gasteiger partial charge in [-0.1, -0.05) is 41.9 Å². The highest BCUT2D eigenvalue weighted by molar-refractivity contribution is 7.91. The van der Waals surface area contributed by atoms with E-state index in [2.05, 4.69) is 20.9 Å². The van der Waals surface area contributed by atoms with Crippen LogP contribution in [0.3, 0.4) is 0 Å². The van der Waals surface area contributed by atoms with Crippen molar-refractivity contribution in [2.75, 3.05) is 35.7 Å². The van der Waals surface area contributed by atoms with Crippen LogP contribution >= 0.6 is 11.6 Å². The lowest BCUT2D eigenvalue weighted by molar-refractivity contribution is 0.0946. The molecule has 3 aliphatic rings. The molecular formula is C30H32ClF2N5O2S. The van der Waals surface area contributed by atoms with Gasteiger partial charge in [0.2, 0.25) is 0 Å². The topological polar surface area (TPSA) is 91.8 Å². The molecular weight excluding hydrogens is 568 g/mol. The first-order chi connectivity index (χ1) is 19.7. The molecule has 2 aromatic carbocycles. The smallest absolute Gasteiger partial charge is 0.252 e. The largest absolute Gasteiger partial charge is 0.616 e. The molecule has 3 heterocycles. The van der Waals surface area contributed by atoms with Crippen LogP contribution in [0.5, 0.6) is 0 Å². The molecule has 3 N–H and O–H groups in total. The minimum absolute atomic E-state index is 0.0622. The van der Waals surface area contributed by atoms with Gasteiger partial charge in [0.05, 0.1) is 27.7 Å². The zero-order valence-corrected chi connectivity index (χ0v) is 24.4. The first-order valence-electron chi connectivity index (χ1n) is 13.6. The lowest BCUT2D eigenvalue weighted by Gasteiger charge is -2.29. The van der Waals surface area contributed by atoms with Gasteiger partial charge in [0, 0.05) is 37.2 Å². The summed E-state index contributed by atoms with van der Waals surface area (Å²) in [6.45, 7) is 2.54. The predicted octanol–water partition coefficient (Wildman–Crippen LogP) is 6.11. The fraction of sp³-hybridized carbons (Fsp3) is 0.333. The minimum Gasteiger partial charge on any atom is -0.616 e. The fourth-order valence-electron chi connectivity index (χ4n) is 5.10. The summed E-state index contributed by atoms with van der Waals surface area (Å²) in [5.41, 5.74) is 2.41. The Hall–Kier alpha value is -3.34. The fourth-order valence-corrected chi connectivity index (χ4v) is 6.77. The number of carbonyl (C=O) groups excluding carboxylic acids is 1. The lowest BCUT2D eigenvalue weighted by Crippen LogP contribution is -2.34. The summed E-state index contributed by atoms with van der Waals surface area (Å²) in [5, 5.41) is 9.18. The number of fused-ring (bicyclic) bond motifs is 1. The third kappa shape index (κ3) is 6.45. The summed E-state index contributed by atoms with van der Waals surface area (Å²) in [6.07, 6.45) is 9.57. The third-order valence-electron chi connectivity index (χ3n) is 7.47. The van der Waals surface area contributed by atoms with Crippen molar-refractivity contribution >= 4 is 51.6 Å². The van der Waals surface area contributed by atoms with E-state index in [0.717, 1.165) is 12.8 Å². The summed E-state index contributed by atoms with van der Waals surface area (Å²) >= 11 is 5.77. The minimum atomic E-state index is -0.935. The Bertz CT molecular complexity index is 1450. The van der Waals surface area contributed by atoms with Gasteiger partial charge in [-0.05, 0) is 61.4 Å². The van der Waals surface area contributed by atoms with Gasteiger partial charge in [-0.3, -0.25) is 4.79 Å². The number of nitrogens with zero attached hydrogens (tertiary/aromatic N) is 2. The normalized spacial score (nSPS) is 22.1. The lowest BCUT2D eigenvalue weighted by atomic mass is 10.0.